The highest BCUT2D eigenvalue weighted by atomic mass is 32.1. The van der Waals surface area contributed by atoms with E-state index in [1.54, 1.807) is 0 Å². The molecule has 1 aromatic heterocycles. The van der Waals surface area contributed by atoms with Gasteiger partial charge in [0.1, 0.15) is 0 Å². The molecule has 1 N–H and O–H groups in total. The molecule has 0 saturated heterocycles. The highest BCUT2D eigenvalue weighted by molar-refractivity contribution is 7.11. The second kappa shape index (κ2) is 5.61. The zero-order valence-corrected chi connectivity index (χ0v) is 11.1. The minimum Gasteiger partial charge on any atom is -0.307 e. The third kappa shape index (κ3) is 4.31. The van der Waals surface area contributed by atoms with Crippen LogP contribution in [0.1, 0.15) is 50.4 Å². The average molecular weight is 226 g/mol. The summed E-state index contributed by atoms with van der Waals surface area (Å²) in [5, 5.41) is 4.82. The summed E-state index contributed by atoms with van der Waals surface area (Å²) in [6.07, 6.45) is 5.48. The molecule has 86 valence electrons. The predicted molar refractivity (Wildman–Crippen MR) is 67.3 cm³/mol. The topological polar surface area (TPSA) is 24.9 Å². The molecule has 1 aromatic rings. The fraction of sp³-hybridized carbons (Fsp3) is 0.750. The molecule has 0 unspecified atom stereocenters. The van der Waals surface area contributed by atoms with Crippen molar-refractivity contribution < 1.29 is 0 Å². The van der Waals surface area contributed by atoms with E-state index in [-0.39, 0.29) is 5.54 Å². The largest absolute Gasteiger partial charge is 0.307 e. The van der Waals surface area contributed by atoms with Crippen LogP contribution < -0.4 is 5.32 Å². The molecule has 0 bridgehead atoms. The van der Waals surface area contributed by atoms with Gasteiger partial charge in [-0.05, 0) is 26.7 Å². The molecule has 0 aliphatic carbocycles. The Morgan fingerprint density at radius 3 is 2.67 bits per heavy atom. The monoisotopic (exact) mass is 226 g/mol. The maximum Gasteiger partial charge on any atom is 0.0925 e. The van der Waals surface area contributed by atoms with E-state index in [0.29, 0.717) is 0 Å². The number of hydrogen-bond acceptors (Lipinski definition) is 3. The number of nitrogens with one attached hydrogen (secondary N) is 1. The third-order valence-electron chi connectivity index (χ3n) is 2.52. The van der Waals surface area contributed by atoms with Crippen molar-refractivity contribution in [3.8, 4) is 0 Å². The van der Waals surface area contributed by atoms with Gasteiger partial charge in [-0.15, -0.1) is 11.3 Å². The Kier molecular flexibility index (Phi) is 4.74. The minimum atomic E-state index is 0.241. The highest BCUT2D eigenvalue weighted by Gasteiger charge is 2.15. The molecule has 3 heteroatoms. The van der Waals surface area contributed by atoms with E-state index in [1.165, 1.54) is 22.7 Å². The van der Waals surface area contributed by atoms with Crippen molar-refractivity contribution in [2.45, 2.75) is 59.0 Å². The van der Waals surface area contributed by atoms with E-state index in [1.807, 2.05) is 17.5 Å². The van der Waals surface area contributed by atoms with Crippen LogP contribution >= 0.6 is 11.3 Å². The fourth-order valence-electron chi connectivity index (χ4n) is 1.63. The lowest BCUT2D eigenvalue weighted by molar-refractivity contribution is 0.358. The predicted octanol–water partition coefficient (Wildman–Crippen LogP) is 3.37. The first-order chi connectivity index (χ1) is 7.07. The van der Waals surface area contributed by atoms with Gasteiger partial charge in [-0.25, -0.2) is 4.98 Å². The first-order valence-electron chi connectivity index (χ1n) is 5.76. The Labute approximate surface area is 97.1 Å². The normalized spacial score (nSPS) is 12.0. The number of hydrogen-bond donors (Lipinski definition) is 1. The lowest BCUT2D eigenvalue weighted by Crippen LogP contribution is -2.38. The molecular weight excluding hydrogens is 204 g/mol. The summed E-state index contributed by atoms with van der Waals surface area (Å²) in [7, 11) is 0. The first kappa shape index (κ1) is 12.7. The van der Waals surface area contributed by atoms with Crippen molar-refractivity contribution in [2.24, 2.45) is 0 Å². The molecule has 0 saturated carbocycles. The molecule has 0 radical (unpaired) electrons. The Bertz CT molecular complexity index is 292. The smallest absolute Gasteiger partial charge is 0.0925 e. The van der Waals surface area contributed by atoms with Crippen LogP contribution in [0.3, 0.4) is 0 Å². The van der Waals surface area contributed by atoms with Gasteiger partial charge in [0.15, 0.2) is 0 Å². The summed E-state index contributed by atoms with van der Waals surface area (Å²) in [5.74, 6) is 0. The standard InChI is InChI=1S/C12H22N2S/c1-5-7-12(3,4)14-9-10-8-13-11(6-2)15-10/h8,14H,5-7,9H2,1-4H3. The Morgan fingerprint density at radius 2 is 2.13 bits per heavy atom. The third-order valence-corrected chi connectivity index (χ3v) is 3.66. The average Bonchev–Trinajstić information content (AvgIpc) is 2.62. The van der Waals surface area contributed by atoms with E-state index < -0.39 is 0 Å². The van der Waals surface area contributed by atoms with Crippen LogP contribution in [-0.2, 0) is 13.0 Å². The SMILES string of the molecule is CCCC(C)(C)NCc1cnc(CC)s1. The van der Waals surface area contributed by atoms with Gasteiger partial charge in [-0.1, -0.05) is 20.3 Å². The van der Waals surface area contributed by atoms with Crippen LogP contribution in [0.2, 0.25) is 0 Å². The molecular formula is C12H22N2S. The molecule has 1 heterocycles. The summed E-state index contributed by atoms with van der Waals surface area (Å²) in [4.78, 5) is 5.70. The van der Waals surface area contributed by atoms with E-state index in [9.17, 15) is 0 Å². The van der Waals surface area contributed by atoms with Crippen molar-refractivity contribution in [1.29, 1.82) is 0 Å². The van der Waals surface area contributed by atoms with Gasteiger partial charge in [-0.3, -0.25) is 0 Å². The van der Waals surface area contributed by atoms with E-state index in [2.05, 4.69) is 38.0 Å². The summed E-state index contributed by atoms with van der Waals surface area (Å²) in [6.45, 7) is 9.85. The van der Waals surface area contributed by atoms with Crippen LogP contribution in [-0.4, -0.2) is 10.5 Å². The zero-order valence-electron chi connectivity index (χ0n) is 10.3. The van der Waals surface area contributed by atoms with E-state index in [4.69, 9.17) is 0 Å². The van der Waals surface area contributed by atoms with Gasteiger partial charge in [0.2, 0.25) is 0 Å². The summed E-state index contributed by atoms with van der Waals surface area (Å²) >= 11 is 1.82. The van der Waals surface area contributed by atoms with Gasteiger partial charge >= 0.3 is 0 Å². The Hall–Kier alpha value is -0.410. The molecule has 2 nitrogen and oxygen atoms in total. The van der Waals surface area contributed by atoms with Crippen LogP contribution in [0.15, 0.2) is 6.20 Å². The number of nitrogens with zero attached hydrogens (tertiary/aromatic N) is 1. The van der Waals surface area contributed by atoms with Crippen molar-refractivity contribution in [3.63, 3.8) is 0 Å². The maximum absolute atomic E-state index is 4.36. The second-order valence-electron chi connectivity index (χ2n) is 4.56. The van der Waals surface area contributed by atoms with Gasteiger partial charge in [0.25, 0.3) is 0 Å². The van der Waals surface area contributed by atoms with E-state index in [0.717, 1.165) is 13.0 Å². The molecule has 0 aliphatic heterocycles. The van der Waals surface area contributed by atoms with Crippen molar-refractivity contribution in [2.75, 3.05) is 0 Å². The second-order valence-corrected chi connectivity index (χ2v) is 5.76. The highest BCUT2D eigenvalue weighted by Crippen LogP contribution is 2.16. The molecule has 0 fully saturated rings. The molecule has 15 heavy (non-hydrogen) atoms. The fourth-order valence-corrected chi connectivity index (χ4v) is 2.44. The molecule has 0 aromatic carbocycles. The van der Waals surface area contributed by atoms with Crippen molar-refractivity contribution in [3.05, 3.63) is 16.1 Å². The van der Waals surface area contributed by atoms with Crippen LogP contribution in [0.5, 0.6) is 0 Å². The number of rotatable bonds is 6. The molecule has 0 spiro atoms. The van der Waals surface area contributed by atoms with Gasteiger partial charge < -0.3 is 5.32 Å². The van der Waals surface area contributed by atoms with E-state index >= 15 is 0 Å². The molecule has 0 aliphatic rings. The number of thiazole rings is 1. The Morgan fingerprint density at radius 1 is 1.40 bits per heavy atom. The molecule has 0 amide bonds. The first-order valence-corrected chi connectivity index (χ1v) is 6.57. The minimum absolute atomic E-state index is 0.241. The molecule has 1 rings (SSSR count). The van der Waals surface area contributed by atoms with Crippen LogP contribution in [0, 0.1) is 0 Å². The van der Waals surface area contributed by atoms with Crippen molar-refractivity contribution >= 4 is 11.3 Å². The van der Waals surface area contributed by atoms with Gasteiger partial charge in [0.05, 0.1) is 5.01 Å². The number of aromatic nitrogens is 1. The van der Waals surface area contributed by atoms with Gasteiger partial charge in [0, 0.05) is 23.2 Å². The lowest BCUT2D eigenvalue weighted by Gasteiger charge is -2.25. The molecule has 0 atom stereocenters. The van der Waals surface area contributed by atoms with Crippen LogP contribution in [0.4, 0.5) is 0 Å². The summed E-state index contributed by atoms with van der Waals surface area (Å²) in [5.41, 5.74) is 0.241. The number of aryl methyl sites for hydroxylation is 1. The summed E-state index contributed by atoms with van der Waals surface area (Å²) < 4.78 is 0. The van der Waals surface area contributed by atoms with Crippen LogP contribution in [0.25, 0.3) is 0 Å². The van der Waals surface area contributed by atoms with Crippen molar-refractivity contribution in [1.82, 2.24) is 10.3 Å². The zero-order chi connectivity index (χ0) is 11.3. The maximum atomic E-state index is 4.36. The lowest BCUT2D eigenvalue weighted by atomic mass is 9.99. The quantitative estimate of drug-likeness (QED) is 0.804. The van der Waals surface area contributed by atoms with Gasteiger partial charge in [-0.2, -0.15) is 0 Å². The Balaban J connectivity index is 2.42. The summed E-state index contributed by atoms with van der Waals surface area (Å²) in [6, 6.07) is 0.